The van der Waals surface area contributed by atoms with Crippen LogP contribution in [0.15, 0.2) is 0 Å². The topological polar surface area (TPSA) is 58.4 Å². The van der Waals surface area contributed by atoms with Gasteiger partial charge >= 0.3 is 0 Å². The van der Waals surface area contributed by atoms with Gasteiger partial charge in [0, 0.05) is 18.0 Å². The van der Waals surface area contributed by atoms with Crippen molar-refractivity contribution >= 4 is 5.91 Å². The second kappa shape index (κ2) is 6.36. The number of nitrogens with zero attached hydrogens (tertiary/aromatic N) is 1. The maximum Gasteiger partial charge on any atom is 0.223 e. The van der Waals surface area contributed by atoms with Gasteiger partial charge in [0.15, 0.2) is 0 Å². The van der Waals surface area contributed by atoms with E-state index in [0.717, 1.165) is 38.8 Å². The Morgan fingerprint density at radius 1 is 1.35 bits per heavy atom. The van der Waals surface area contributed by atoms with Crippen molar-refractivity contribution in [2.75, 3.05) is 26.7 Å². The van der Waals surface area contributed by atoms with E-state index < -0.39 is 0 Å². The van der Waals surface area contributed by atoms with Crippen LogP contribution in [0.5, 0.6) is 0 Å². The van der Waals surface area contributed by atoms with Gasteiger partial charge in [-0.3, -0.25) is 4.79 Å². The third-order valence-electron chi connectivity index (χ3n) is 4.11. The fraction of sp³-hybridized carbons (Fsp3) is 0.923. The minimum Gasteiger partial charge on any atom is -0.354 e. The van der Waals surface area contributed by atoms with Gasteiger partial charge in [-0.1, -0.05) is 13.8 Å². The molecule has 17 heavy (non-hydrogen) atoms. The highest BCUT2D eigenvalue weighted by Gasteiger charge is 2.26. The quantitative estimate of drug-likeness (QED) is 0.754. The van der Waals surface area contributed by atoms with Gasteiger partial charge in [-0.15, -0.1) is 0 Å². The first-order valence-electron chi connectivity index (χ1n) is 6.76. The molecular formula is C13H27N3O. The van der Waals surface area contributed by atoms with Crippen LogP contribution >= 0.6 is 0 Å². The van der Waals surface area contributed by atoms with E-state index >= 15 is 0 Å². The predicted octanol–water partition coefficient (Wildman–Crippen LogP) is 0.962. The van der Waals surface area contributed by atoms with Crippen molar-refractivity contribution < 1.29 is 4.79 Å². The molecule has 0 spiro atoms. The summed E-state index contributed by atoms with van der Waals surface area (Å²) < 4.78 is 0. The van der Waals surface area contributed by atoms with Crippen molar-refractivity contribution in [3.05, 3.63) is 0 Å². The Bertz CT molecular complexity index is 243. The van der Waals surface area contributed by atoms with Crippen LogP contribution in [0.4, 0.5) is 0 Å². The molecule has 3 N–H and O–H groups in total. The average Bonchev–Trinajstić information content (AvgIpc) is 2.36. The number of hydrogen-bond donors (Lipinski definition) is 2. The van der Waals surface area contributed by atoms with Gasteiger partial charge in [-0.25, -0.2) is 0 Å². The van der Waals surface area contributed by atoms with E-state index in [9.17, 15) is 4.79 Å². The van der Waals surface area contributed by atoms with Crippen LogP contribution in [0, 0.1) is 5.92 Å². The summed E-state index contributed by atoms with van der Waals surface area (Å²) in [4.78, 5) is 14.3. The molecule has 1 fully saturated rings. The number of carbonyl (C=O) groups is 1. The van der Waals surface area contributed by atoms with Crippen LogP contribution in [-0.2, 0) is 4.79 Å². The molecule has 0 radical (unpaired) electrons. The Labute approximate surface area is 105 Å². The molecule has 100 valence electrons. The van der Waals surface area contributed by atoms with Crippen LogP contribution in [0.25, 0.3) is 0 Å². The number of piperidine rings is 1. The summed E-state index contributed by atoms with van der Waals surface area (Å²) in [5.74, 6) is 0.374. The highest BCUT2D eigenvalue weighted by atomic mass is 16.1. The van der Waals surface area contributed by atoms with Crippen LogP contribution < -0.4 is 11.1 Å². The molecule has 0 saturated carbocycles. The van der Waals surface area contributed by atoms with E-state index in [1.54, 1.807) is 0 Å². The minimum absolute atomic E-state index is 0.184. The average molecular weight is 241 g/mol. The fourth-order valence-corrected chi connectivity index (χ4v) is 2.18. The van der Waals surface area contributed by atoms with E-state index in [4.69, 9.17) is 5.73 Å². The number of likely N-dealkylation sites (tertiary alicyclic amines) is 1. The molecule has 0 atom stereocenters. The first-order valence-corrected chi connectivity index (χ1v) is 6.76. The largest absolute Gasteiger partial charge is 0.354 e. The molecular weight excluding hydrogens is 214 g/mol. The second-order valence-electron chi connectivity index (χ2n) is 5.36. The molecule has 1 amide bonds. The van der Waals surface area contributed by atoms with E-state index in [-0.39, 0.29) is 17.4 Å². The Kier molecular flexibility index (Phi) is 5.40. The summed E-state index contributed by atoms with van der Waals surface area (Å²) in [5, 5.41) is 3.03. The van der Waals surface area contributed by atoms with Crippen molar-refractivity contribution in [3.63, 3.8) is 0 Å². The zero-order chi connectivity index (χ0) is 12.9. The molecule has 1 aliphatic rings. The van der Waals surface area contributed by atoms with Crippen molar-refractivity contribution in [3.8, 4) is 0 Å². The van der Waals surface area contributed by atoms with E-state index in [1.807, 2.05) is 0 Å². The van der Waals surface area contributed by atoms with E-state index in [2.05, 4.69) is 31.1 Å². The maximum absolute atomic E-state index is 12.0. The summed E-state index contributed by atoms with van der Waals surface area (Å²) in [6.07, 6.45) is 3.74. The first-order chi connectivity index (χ1) is 8.00. The van der Waals surface area contributed by atoms with Crippen molar-refractivity contribution in [2.24, 2.45) is 11.7 Å². The lowest BCUT2D eigenvalue weighted by molar-refractivity contribution is -0.126. The Morgan fingerprint density at radius 3 is 2.35 bits per heavy atom. The highest BCUT2D eigenvalue weighted by Crippen LogP contribution is 2.16. The summed E-state index contributed by atoms with van der Waals surface area (Å²) in [5.41, 5.74) is 5.94. The molecule has 0 aromatic carbocycles. The molecule has 1 rings (SSSR count). The van der Waals surface area contributed by atoms with Gasteiger partial charge in [0.05, 0.1) is 0 Å². The number of carbonyl (C=O) groups excluding carboxylic acids is 1. The molecule has 1 heterocycles. The van der Waals surface area contributed by atoms with E-state index in [0.29, 0.717) is 6.54 Å². The van der Waals surface area contributed by atoms with Gasteiger partial charge in [-0.2, -0.15) is 0 Å². The number of nitrogens with one attached hydrogen (secondary N) is 1. The molecule has 0 unspecified atom stereocenters. The number of nitrogens with two attached hydrogens (primary N) is 1. The lowest BCUT2D eigenvalue weighted by atomic mass is 9.92. The zero-order valence-corrected chi connectivity index (χ0v) is 11.5. The summed E-state index contributed by atoms with van der Waals surface area (Å²) >= 11 is 0. The van der Waals surface area contributed by atoms with Crippen molar-refractivity contribution in [1.82, 2.24) is 10.2 Å². The van der Waals surface area contributed by atoms with Crippen LogP contribution in [-0.4, -0.2) is 43.0 Å². The number of rotatable bonds is 5. The van der Waals surface area contributed by atoms with Gasteiger partial charge < -0.3 is 16.0 Å². The molecule has 4 nitrogen and oxygen atoms in total. The van der Waals surface area contributed by atoms with Gasteiger partial charge in [0.2, 0.25) is 5.91 Å². The normalized spacial score (nSPS) is 19.3. The SMILES string of the molecule is CCC(N)(CC)CNC(=O)C1CCN(C)CC1. The standard InChI is InChI=1S/C13H27N3O/c1-4-13(14,5-2)10-15-12(17)11-6-8-16(3)9-7-11/h11H,4-10,14H2,1-3H3,(H,15,17). The predicted molar refractivity (Wildman–Crippen MR) is 70.7 cm³/mol. The Morgan fingerprint density at radius 2 is 1.88 bits per heavy atom. The molecule has 4 heteroatoms. The second-order valence-corrected chi connectivity index (χ2v) is 5.36. The van der Waals surface area contributed by atoms with Crippen LogP contribution in [0.1, 0.15) is 39.5 Å². The third-order valence-corrected chi connectivity index (χ3v) is 4.11. The lowest BCUT2D eigenvalue weighted by Gasteiger charge is -2.31. The molecule has 0 bridgehead atoms. The minimum atomic E-state index is -0.235. The van der Waals surface area contributed by atoms with Gasteiger partial charge in [-0.05, 0) is 45.8 Å². The highest BCUT2D eigenvalue weighted by molar-refractivity contribution is 5.78. The smallest absolute Gasteiger partial charge is 0.223 e. The molecule has 0 aliphatic carbocycles. The van der Waals surface area contributed by atoms with Crippen molar-refractivity contribution in [1.29, 1.82) is 0 Å². The monoisotopic (exact) mass is 241 g/mol. The zero-order valence-electron chi connectivity index (χ0n) is 11.5. The van der Waals surface area contributed by atoms with E-state index in [1.165, 1.54) is 0 Å². The fourth-order valence-electron chi connectivity index (χ4n) is 2.18. The number of amides is 1. The summed E-state index contributed by atoms with van der Waals surface area (Å²) in [6, 6.07) is 0. The molecule has 0 aromatic heterocycles. The maximum atomic E-state index is 12.0. The van der Waals surface area contributed by atoms with Crippen molar-refractivity contribution in [2.45, 2.75) is 45.1 Å². The summed E-state index contributed by atoms with van der Waals surface area (Å²) in [7, 11) is 2.10. The Balaban J connectivity index is 2.34. The lowest BCUT2D eigenvalue weighted by Crippen LogP contribution is -2.51. The number of hydrogen-bond acceptors (Lipinski definition) is 3. The summed E-state index contributed by atoms with van der Waals surface area (Å²) in [6.45, 7) is 6.79. The van der Waals surface area contributed by atoms with Crippen LogP contribution in [0.2, 0.25) is 0 Å². The first kappa shape index (κ1) is 14.5. The molecule has 0 aromatic rings. The van der Waals surface area contributed by atoms with Crippen LogP contribution in [0.3, 0.4) is 0 Å². The van der Waals surface area contributed by atoms with Gasteiger partial charge in [0.25, 0.3) is 0 Å². The Hall–Kier alpha value is -0.610. The van der Waals surface area contributed by atoms with Gasteiger partial charge in [0.1, 0.15) is 0 Å². The molecule has 1 aliphatic heterocycles. The molecule has 1 saturated heterocycles. The third kappa shape index (κ3) is 4.28.